The van der Waals surface area contributed by atoms with Gasteiger partial charge in [-0.1, -0.05) is 144 Å². The zero-order valence-electron chi connectivity index (χ0n) is 22.9. The highest BCUT2D eigenvalue weighted by Crippen LogP contribution is 2.41. The number of halogens is 1. The largest absolute Gasteiger partial charge is 0.310 e. The first-order valence-corrected chi connectivity index (χ1v) is 14.3. The molecule has 0 heterocycles. The molecule has 0 amide bonds. The van der Waals surface area contributed by atoms with Crippen molar-refractivity contribution in [2.75, 3.05) is 4.90 Å². The third kappa shape index (κ3) is 6.21. The van der Waals surface area contributed by atoms with Crippen molar-refractivity contribution < 1.29 is 4.79 Å². The van der Waals surface area contributed by atoms with Gasteiger partial charge in [0, 0.05) is 32.6 Å². The van der Waals surface area contributed by atoms with Gasteiger partial charge in [-0.3, -0.25) is 4.79 Å². The van der Waals surface area contributed by atoms with E-state index in [1.807, 2.05) is 55.5 Å². The van der Waals surface area contributed by atoms with Crippen LogP contribution in [0.4, 0.5) is 17.1 Å². The van der Waals surface area contributed by atoms with E-state index in [-0.39, 0.29) is 5.78 Å². The van der Waals surface area contributed by atoms with Gasteiger partial charge < -0.3 is 4.90 Å². The highest BCUT2D eigenvalue weighted by atomic mass is 79.9. The van der Waals surface area contributed by atoms with Crippen LogP contribution in [-0.2, 0) is 0 Å². The van der Waals surface area contributed by atoms with Crippen LogP contribution < -0.4 is 4.90 Å². The number of hydrogen-bond donors (Lipinski definition) is 0. The van der Waals surface area contributed by atoms with Gasteiger partial charge >= 0.3 is 0 Å². The van der Waals surface area contributed by atoms with Crippen LogP contribution in [0, 0.1) is 0 Å². The number of para-hydroxylation sites is 1. The molecule has 0 N–H and O–H groups in total. The van der Waals surface area contributed by atoms with Crippen LogP contribution in [-0.4, -0.2) is 5.78 Å². The molecule has 0 aliphatic carbocycles. The van der Waals surface area contributed by atoms with Crippen LogP contribution in [0.25, 0.3) is 22.3 Å². The SMILES string of the molecule is C=C/C(C(=O)c1cccc(N(c2ccc(-c3ccccc3)cc2)c2ccccc2-c2ccccc2)c1)=C(Br)\C=C/C. The van der Waals surface area contributed by atoms with E-state index in [9.17, 15) is 4.79 Å². The van der Waals surface area contributed by atoms with E-state index in [1.165, 1.54) is 5.56 Å². The molecule has 5 aromatic rings. The summed E-state index contributed by atoms with van der Waals surface area (Å²) in [6.07, 6.45) is 5.35. The fourth-order valence-electron chi connectivity index (χ4n) is 4.87. The zero-order valence-corrected chi connectivity index (χ0v) is 24.5. The molecular formula is C38H30BrNO. The maximum atomic E-state index is 13.6. The molecule has 0 atom stereocenters. The van der Waals surface area contributed by atoms with Crippen molar-refractivity contribution in [2.45, 2.75) is 6.92 Å². The number of hydrogen-bond acceptors (Lipinski definition) is 2. The Balaban J connectivity index is 1.66. The Labute approximate surface area is 250 Å². The zero-order chi connectivity index (χ0) is 28.6. The average molecular weight is 597 g/mol. The van der Waals surface area contributed by atoms with Gasteiger partial charge in [0.05, 0.1) is 5.69 Å². The Kier molecular flexibility index (Phi) is 8.88. The number of allylic oxidation sites excluding steroid dienone is 5. The minimum absolute atomic E-state index is 0.0949. The smallest absolute Gasteiger partial charge is 0.194 e. The number of anilines is 3. The molecule has 0 aliphatic rings. The summed E-state index contributed by atoms with van der Waals surface area (Å²) in [5, 5.41) is 0. The number of carbonyl (C=O) groups excluding carboxylic acids is 1. The molecule has 0 saturated carbocycles. The number of benzene rings is 5. The lowest BCUT2D eigenvalue weighted by atomic mass is 9.99. The van der Waals surface area contributed by atoms with Crippen molar-refractivity contribution in [3.8, 4) is 22.3 Å². The van der Waals surface area contributed by atoms with E-state index >= 15 is 0 Å². The van der Waals surface area contributed by atoms with Crippen LogP contribution in [0.2, 0.25) is 0 Å². The summed E-state index contributed by atoms with van der Waals surface area (Å²) in [7, 11) is 0. The van der Waals surface area contributed by atoms with E-state index in [2.05, 4.69) is 124 Å². The predicted molar refractivity (Wildman–Crippen MR) is 177 cm³/mol. The second-order valence-electron chi connectivity index (χ2n) is 9.48. The molecule has 0 fully saturated rings. The minimum Gasteiger partial charge on any atom is -0.310 e. The van der Waals surface area contributed by atoms with Crippen molar-refractivity contribution in [3.63, 3.8) is 0 Å². The first kappa shape index (κ1) is 27.8. The molecule has 0 unspecified atom stereocenters. The van der Waals surface area contributed by atoms with E-state index in [0.29, 0.717) is 15.6 Å². The van der Waals surface area contributed by atoms with Gasteiger partial charge in [-0.25, -0.2) is 0 Å². The summed E-state index contributed by atoms with van der Waals surface area (Å²) < 4.78 is 0.702. The Morgan fingerprint density at radius 1 is 0.683 bits per heavy atom. The Morgan fingerprint density at radius 3 is 1.95 bits per heavy atom. The first-order valence-electron chi connectivity index (χ1n) is 13.5. The Bertz CT molecular complexity index is 1720. The van der Waals surface area contributed by atoms with Crippen LogP contribution in [0.3, 0.4) is 0 Å². The second kappa shape index (κ2) is 13.1. The normalized spacial score (nSPS) is 11.7. The molecule has 0 spiro atoms. The second-order valence-corrected chi connectivity index (χ2v) is 10.3. The van der Waals surface area contributed by atoms with Crippen LogP contribution in [0.15, 0.2) is 168 Å². The minimum atomic E-state index is -0.0949. The summed E-state index contributed by atoms with van der Waals surface area (Å²) in [6.45, 7) is 5.80. The standard InChI is InChI=1S/C38H30BrNO/c1-3-14-36(39)34(4-2)38(41)31-19-13-20-33(27-31)40(32-25-23-29(24-26-32)28-15-7-5-8-16-28)37-22-12-11-21-35(37)30-17-9-6-10-18-30/h3-27H,2H2,1H3/b14-3-,36-34-. The molecule has 0 aliphatic heterocycles. The van der Waals surface area contributed by atoms with Crippen molar-refractivity contribution in [1.29, 1.82) is 0 Å². The predicted octanol–water partition coefficient (Wildman–Crippen LogP) is 11.1. The number of nitrogens with zero attached hydrogens (tertiary/aromatic N) is 1. The van der Waals surface area contributed by atoms with E-state index in [4.69, 9.17) is 0 Å². The molecule has 3 heteroatoms. The van der Waals surface area contributed by atoms with Crippen molar-refractivity contribution in [3.05, 3.63) is 174 Å². The average Bonchev–Trinajstić information content (AvgIpc) is 3.03. The Hall–Kier alpha value is -4.73. The third-order valence-electron chi connectivity index (χ3n) is 6.85. The van der Waals surface area contributed by atoms with Gasteiger partial charge in [-0.15, -0.1) is 0 Å². The maximum Gasteiger partial charge on any atom is 0.194 e. The first-order chi connectivity index (χ1) is 20.1. The van der Waals surface area contributed by atoms with Crippen molar-refractivity contribution in [2.24, 2.45) is 0 Å². The highest BCUT2D eigenvalue weighted by molar-refractivity contribution is 9.12. The number of rotatable bonds is 9. The molecular weight excluding hydrogens is 566 g/mol. The highest BCUT2D eigenvalue weighted by Gasteiger charge is 2.19. The van der Waals surface area contributed by atoms with Gasteiger partial charge in [0.25, 0.3) is 0 Å². The molecule has 200 valence electrons. The lowest BCUT2D eigenvalue weighted by Gasteiger charge is -2.28. The van der Waals surface area contributed by atoms with Crippen molar-refractivity contribution >= 4 is 38.8 Å². The van der Waals surface area contributed by atoms with E-state index < -0.39 is 0 Å². The molecule has 5 rings (SSSR count). The topological polar surface area (TPSA) is 20.3 Å². The summed E-state index contributed by atoms with van der Waals surface area (Å²) in [4.78, 5) is 15.8. The third-order valence-corrected chi connectivity index (χ3v) is 7.54. The molecule has 5 aromatic carbocycles. The monoisotopic (exact) mass is 595 g/mol. The van der Waals surface area contributed by atoms with Gasteiger partial charge in [0.2, 0.25) is 0 Å². The van der Waals surface area contributed by atoms with E-state index in [0.717, 1.165) is 33.8 Å². The summed E-state index contributed by atoms with van der Waals surface area (Å²) in [5.74, 6) is -0.0949. The van der Waals surface area contributed by atoms with Gasteiger partial charge in [0.15, 0.2) is 5.78 Å². The molecule has 41 heavy (non-hydrogen) atoms. The van der Waals surface area contributed by atoms with E-state index in [1.54, 1.807) is 6.08 Å². The van der Waals surface area contributed by atoms with Gasteiger partial charge in [-0.2, -0.15) is 0 Å². The van der Waals surface area contributed by atoms with Crippen LogP contribution in [0.1, 0.15) is 17.3 Å². The molecule has 0 aromatic heterocycles. The summed E-state index contributed by atoms with van der Waals surface area (Å²) in [5.41, 5.74) is 8.52. The fraction of sp³-hybridized carbons (Fsp3) is 0.0263. The van der Waals surface area contributed by atoms with Crippen molar-refractivity contribution in [1.82, 2.24) is 0 Å². The summed E-state index contributed by atoms with van der Waals surface area (Å²) in [6, 6.07) is 45.4. The summed E-state index contributed by atoms with van der Waals surface area (Å²) >= 11 is 3.54. The number of Topliss-reactive ketones (excluding diaryl/α,β-unsaturated/α-hetero) is 1. The maximum absolute atomic E-state index is 13.6. The Morgan fingerprint density at radius 2 is 1.29 bits per heavy atom. The number of carbonyl (C=O) groups is 1. The molecule has 2 nitrogen and oxygen atoms in total. The quantitative estimate of drug-likeness (QED) is 0.0959. The number of ketones is 1. The molecule has 0 bridgehead atoms. The van der Waals surface area contributed by atoms with Crippen LogP contribution >= 0.6 is 15.9 Å². The fourth-order valence-corrected chi connectivity index (χ4v) is 5.47. The lowest BCUT2D eigenvalue weighted by Crippen LogP contribution is -2.12. The molecule has 0 radical (unpaired) electrons. The lowest BCUT2D eigenvalue weighted by molar-refractivity contribution is 0.103. The molecule has 0 saturated heterocycles. The van der Waals surface area contributed by atoms with Gasteiger partial charge in [-0.05, 0) is 53.9 Å². The van der Waals surface area contributed by atoms with Crippen LogP contribution in [0.5, 0.6) is 0 Å². The van der Waals surface area contributed by atoms with Gasteiger partial charge in [0.1, 0.15) is 0 Å².